The van der Waals surface area contributed by atoms with Crippen LogP contribution in [0, 0.1) is 0 Å². The number of benzene rings is 3. The van der Waals surface area contributed by atoms with Gasteiger partial charge in [0, 0.05) is 0 Å². The van der Waals surface area contributed by atoms with Crippen LogP contribution in [0.4, 0.5) is 0 Å². The van der Waals surface area contributed by atoms with Crippen LogP contribution in [-0.4, -0.2) is 42.3 Å². The Kier molecular flexibility index (Phi) is 7.30. The number of likely N-dealkylation sites (tertiary alicyclic amines) is 1. The van der Waals surface area contributed by atoms with Crippen molar-refractivity contribution >= 4 is 5.97 Å². The number of hydrogen-bond acceptors (Lipinski definition) is 4. The van der Waals surface area contributed by atoms with Crippen LogP contribution in [0.2, 0.25) is 0 Å². The fourth-order valence-corrected chi connectivity index (χ4v) is 4.72. The van der Waals surface area contributed by atoms with Gasteiger partial charge in [-0.05, 0) is 60.7 Å². The highest BCUT2D eigenvalue weighted by molar-refractivity contribution is 5.74. The predicted molar refractivity (Wildman–Crippen MR) is 130 cm³/mol. The van der Waals surface area contributed by atoms with Crippen LogP contribution in [-0.2, 0) is 4.79 Å². The Bertz CT molecular complexity index is 1070. The van der Waals surface area contributed by atoms with Gasteiger partial charge in [0.1, 0.15) is 6.04 Å². The molecule has 2 atom stereocenters. The van der Waals surface area contributed by atoms with Crippen LogP contribution in [0.1, 0.15) is 43.4 Å². The lowest BCUT2D eigenvalue weighted by Crippen LogP contribution is -2.46. The Morgan fingerprint density at radius 1 is 0.970 bits per heavy atom. The number of nitrogens with zero attached hydrogens (tertiary/aromatic N) is 1. The minimum Gasteiger partial charge on any atom is -0.493 e. The number of carboxylic acid groups (broad SMARTS) is 1. The summed E-state index contributed by atoms with van der Waals surface area (Å²) in [7, 11) is 1.63. The van der Waals surface area contributed by atoms with Gasteiger partial charge in [0.25, 0.3) is 0 Å². The summed E-state index contributed by atoms with van der Waals surface area (Å²) in [5.41, 5.74) is 4.36. The van der Waals surface area contributed by atoms with Gasteiger partial charge in [0.2, 0.25) is 0 Å². The molecule has 0 aromatic heterocycles. The van der Waals surface area contributed by atoms with E-state index >= 15 is 0 Å². The molecular formula is C28H31NO4. The summed E-state index contributed by atoms with van der Waals surface area (Å²) in [6.07, 6.45) is 2.57. The fraction of sp³-hybridized carbons (Fsp3) is 0.321. The first-order valence-electron chi connectivity index (χ1n) is 11.6. The minimum absolute atomic E-state index is 0.193. The van der Waals surface area contributed by atoms with E-state index in [2.05, 4.69) is 41.3 Å². The van der Waals surface area contributed by atoms with E-state index in [0.29, 0.717) is 24.5 Å². The summed E-state index contributed by atoms with van der Waals surface area (Å²) < 4.78 is 11.3. The van der Waals surface area contributed by atoms with Gasteiger partial charge >= 0.3 is 5.97 Å². The molecule has 0 bridgehead atoms. The molecule has 1 aliphatic heterocycles. The normalized spacial score (nSPS) is 17.3. The maximum absolute atomic E-state index is 12.2. The van der Waals surface area contributed by atoms with Gasteiger partial charge in [0.05, 0.1) is 19.8 Å². The summed E-state index contributed by atoms with van der Waals surface area (Å²) in [6, 6.07) is 23.9. The van der Waals surface area contributed by atoms with E-state index in [1.807, 2.05) is 43.3 Å². The standard InChI is InChI=1S/C28H31NO4/c1-3-33-26-19-23(16-17-25(26)32-2)27(29-18-8-7-11-24(29)28(30)31)22-14-12-21(13-15-22)20-9-5-4-6-10-20/h4-6,9-10,12-17,19,24,27H,3,7-8,11,18H2,1-2H3,(H,30,31). The molecule has 0 saturated carbocycles. The molecule has 1 aliphatic rings. The molecule has 0 radical (unpaired) electrons. The Balaban J connectivity index is 1.78. The third kappa shape index (κ3) is 5.04. The summed E-state index contributed by atoms with van der Waals surface area (Å²) in [6.45, 7) is 3.20. The first kappa shape index (κ1) is 22.9. The minimum atomic E-state index is -0.765. The Hall–Kier alpha value is -3.31. The van der Waals surface area contributed by atoms with Crippen molar-refractivity contribution in [2.45, 2.75) is 38.3 Å². The molecule has 1 N–H and O–H groups in total. The second-order valence-electron chi connectivity index (χ2n) is 8.32. The fourth-order valence-electron chi connectivity index (χ4n) is 4.72. The quantitative estimate of drug-likeness (QED) is 0.476. The van der Waals surface area contributed by atoms with Crippen LogP contribution in [0.15, 0.2) is 72.8 Å². The van der Waals surface area contributed by atoms with E-state index in [1.54, 1.807) is 7.11 Å². The van der Waals surface area contributed by atoms with Crippen LogP contribution in [0.3, 0.4) is 0 Å². The number of hydrogen-bond donors (Lipinski definition) is 1. The molecule has 1 saturated heterocycles. The topological polar surface area (TPSA) is 59.0 Å². The highest BCUT2D eigenvalue weighted by Crippen LogP contribution is 2.38. The summed E-state index contributed by atoms with van der Waals surface area (Å²) in [5, 5.41) is 9.98. The third-order valence-electron chi connectivity index (χ3n) is 6.30. The molecule has 2 unspecified atom stereocenters. The van der Waals surface area contributed by atoms with Crippen molar-refractivity contribution in [1.82, 2.24) is 4.90 Å². The number of methoxy groups -OCH3 is 1. The van der Waals surface area contributed by atoms with E-state index in [4.69, 9.17) is 9.47 Å². The maximum atomic E-state index is 12.2. The summed E-state index contributed by atoms with van der Waals surface area (Å²) >= 11 is 0. The number of carbonyl (C=O) groups is 1. The zero-order valence-corrected chi connectivity index (χ0v) is 19.2. The van der Waals surface area contributed by atoms with Gasteiger partial charge < -0.3 is 14.6 Å². The molecule has 0 amide bonds. The summed E-state index contributed by atoms with van der Waals surface area (Å²) in [5.74, 6) is 0.582. The largest absolute Gasteiger partial charge is 0.493 e. The van der Waals surface area contributed by atoms with Crippen molar-refractivity contribution in [1.29, 1.82) is 0 Å². The van der Waals surface area contributed by atoms with E-state index in [1.165, 1.54) is 0 Å². The molecule has 0 spiro atoms. The Morgan fingerprint density at radius 2 is 1.67 bits per heavy atom. The Morgan fingerprint density at radius 3 is 2.33 bits per heavy atom. The highest BCUT2D eigenvalue weighted by Gasteiger charge is 2.35. The lowest BCUT2D eigenvalue weighted by atomic mass is 9.90. The van der Waals surface area contributed by atoms with Crippen molar-refractivity contribution in [2.24, 2.45) is 0 Å². The number of ether oxygens (including phenoxy) is 2. The van der Waals surface area contributed by atoms with E-state index in [0.717, 1.165) is 41.6 Å². The zero-order valence-electron chi connectivity index (χ0n) is 19.2. The molecular weight excluding hydrogens is 414 g/mol. The van der Waals surface area contributed by atoms with Crippen molar-refractivity contribution in [3.05, 3.63) is 83.9 Å². The molecule has 1 fully saturated rings. The van der Waals surface area contributed by atoms with Crippen molar-refractivity contribution < 1.29 is 19.4 Å². The van der Waals surface area contributed by atoms with E-state index in [-0.39, 0.29) is 6.04 Å². The van der Waals surface area contributed by atoms with Gasteiger partial charge in [0.15, 0.2) is 11.5 Å². The van der Waals surface area contributed by atoms with E-state index in [9.17, 15) is 9.90 Å². The van der Waals surface area contributed by atoms with Crippen LogP contribution < -0.4 is 9.47 Å². The van der Waals surface area contributed by atoms with Gasteiger partial charge in [-0.3, -0.25) is 9.69 Å². The molecule has 5 heteroatoms. The van der Waals surface area contributed by atoms with Crippen LogP contribution in [0.25, 0.3) is 11.1 Å². The van der Waals surface area contributed by atoms with Crippen molar-refractivity contribution in [2.75, 3.05) is 20.3 Å². The number of rotatable bonds is 8. The first-order valence-corrected chi connectivity index (χ1v) is 11.6. The third-order valence-corrected chi connectivity index (χ3v) is 6.30. The Labute approximate surface area is 195 Å². The molecule has 0 aliphatic carbocycles. The highest BCUT2D eigenvalue weighted by atomic mass is 16.5. The molecule has 172 valence electrons. The molecule has 5 nitrogen and oxygen atoms in total. The molecule has 3 aromatic rings. The lowest BCUT2D eigenvalue weighted by molar-refractivity contribution is -0.145. The first-order chi connectivity index (χ1) is 16.1. The van der Waals surface area contributed by atoms with Crippen molar-refractivity contribution in [3.63, 3.8) is 0 Å². The number of aliphatic carboxylic acids is 1. The predicted octanol–water partition coefficient (Wildman–Crippen LogP) is 5.79. The lowest BCUT2D eigenvalue weighted by Gasteiger charge is -2.39. The number of piperidine rings is 1. The second kappa shape index (κ2) is 10.5. The molecule has 33 heavy (non-hydrogen) atoms. The average molecular weight is 446 g/mol. The SMILES string of the molecule is CCOc1cc(C(c2ccc(-c3ccccc3)cc2)N2CCCCC2C(=O)O)ccc1OC. The van der Waals surface area contributed by atoms with Gasteiger partial charge in [-0.2, -0.15) is 0 Å². The molecule has 4 rings (SSSR count). The van der Waals surface area contributed by atoms with E-state index < -0.39 is 12.0 Å². The number of carboxylic acids is 1. The van der Waals surface area contributed by atoms with Crippen molar-refractivity contribution in [3.8, 4) is 22.6 Å². The zero-order chi connectivity index (χ0) is 23.2. The average Bonchev–Trinajstić information content (AvgIpc) is 2.86. The van der Waals surface area contributed by atoms with Crippen LogP contribution in [0.5, 0.6) is 11.5 Å². The smallest absolute Gasteiger partial charge is 0.320 e. The molecule has 3 aromatic carbocycles. The van der Waals surface area contributed by atoms with Gasteiger partial charge in [-0.15, -0.1) is 0 Å². The molecule has 1 heterocycles. The monoisotopic (exact) mass is 445 g/mol. The summed E-state index contributed by atoms with van der Waals surface area (Å²) in [4.78, 5) is 14.3. The second-order valence-corrected chi connectivity index (χ2v) is 8.32. The van der Waals surface area contributed by atoms with Crippen LogP contribution >= 0.6 is 0 Å². The van der Waals surface area contributed by atoms with Gasteiger partial charge in [-0.1, -0.05) is 67.1 Å². The maximum Gasteiger partial charge on any atom is 0.320 e. The van der Waals surface area contributed by atoms with Gasteiger partial charge in [-0.25, -0.2) is 0 Å².